The molecule has 1 rings (SSSR count). The molecule has 1 aromatic rings. The first kappa shape index (κ1) is 34.4. The van der Waals surface area contributed by atoms with Crippen molar-refractivity contribution >= 4 is 35.2 Å². The molecular weight excluding hydrogens is 492 g/mol. The number of amides is 2. The van der Waals surface area contributed by atoms with Crippen LogP contribution in [0.25, 0.3) is 0 Å². The number of hydrazone groups is 1. The third kappa shape index (κ3) is 15.5. The molecule has 0 heterocycles. The van der Waals surface area contributed by atoms with Gasteiger partial charge >= 0.3 is 11.9 Å². The van der Waals surface area contributed by atoms with Crippen LogP contribution in [-0.4, -0.2) is 67.6 Å². The first-order valence-corrected chi connectivity index (χ1v) is 12.6. The van der Waals surface area contributed by atoms with Crippen LogP contribution in [0.5, 0.6) is 0 Å². The van der Waals surface area contributed by atoms with Crippen LogP contribution >= 0.6 is 0 Å². The number of primary amides is 1. The smallest absolute Gasteiger partial charge is 0.306 e. The summed E-state index contributed by atoms with van der Waals surface area (Å²) in [5.41, 5.74) is 9.45. The molecule has 3 N–H and O–H groups in total. The van der Waals surface area contributed by atoms with Crippen molar-refractivity contribution in [2.24, 2.45) is 15.8 Å². The number of nitrogens with one attached hydrogen (secondary N) is 1. The predicted molar refractivity (Wildman–Crippen MR) is 146 cm³/mol. The van der Waals surface area contributed by atoms with Gasteiger partial charge in [-0.3, -0.25) is 24.2 Å². The van der Waals surface area contributed by atoms with E-state index >= 15 is 0 Å². The molecule has 0 aromatic heterocycles. The lowest BCUT2D eigenvalue weighted by Crippen LogP contribution is -2.27. The van der Waals surface area contributed by atoms with E-state index in [1.807, 2.05) is 20.8 Å². The largest absolute Gasteiger partial charge is 0.463 e. The Morgan fingerprint density at radius 3 is 1.87 bits per heavy atom. The quantitative estimate of drug-likeness (QED) is 0.198. The molecule has 1 aromatic carbocycles. The molecular formula is C27H42N4O7. The van der Waals surface area contributed by atoms with E-state index in [4.69, 9.17) is 19.9 Å². The van der Waals surface area contributed by atoms with Gasteiger partial charge in [-0.15, -0.1) is 0 Å². The van der Waals surface area contributed by atoms with Crippen LogP contribution in [0.1, 0.15) is 87.9 Å². The summed E-state index contributed by atoms with van der Waals surface area (Å²) >= 11 is 0. The van der Waals surface area contributed by atoms with E-state index in [9.17, 15) is 19.2 Å². The SMILES string of the molecule is CC.CN=C(C)CCC(=O)OCC(C)OC(C)COC(=O)CC/C(C)=N/NC(=O)c1cccc(C(N)=O)c1. The molecule has 38 heavy (non-hydrogen) atoms. The Balaban J connectivity index is 0.00000667. The lowest BCUT2D eigenvalue weighted by atomic mass is 10.1. The summed E-state index contributed by atoms with van der Waals surface area (Å²) in [6, 6.07) is 5.96. The molecule has 11 nitrogen and oxygen atoms in total. The number of ether oxygens (including phenoxy) is 3. The maximum atomic E-state index is 12.2. The number of aliphatic imine (C=N–C) groups is 1. The number of nitrogens with zero attached hydrogens (tertiary/aromatic N) is 2. The molecule has 212 valence electrons. The number of carbonyl (C=O) groups excluding carboxylic acids is 4. The molecule has 2 atom stereocenters. The van der Waals surface area contributed by atoms with Gasteiger partial charge in [-0.2, -0.15) is 5.10 Å². The van der Waals surface area contributed by atoms with E-state index in [1.54, 1.807) is 33.9 Å². The lowest BCUT2D eigenvalue weighted by Gasteiger charge is -2.19. The first-order chi connectivity index (χ1) is 18.0. The van der Waals surface area contributed by atoms with Gasteiger partial charge in [0.15, 0.2) is 0 Å². The van der Waals surface area contributed by atoms with Gasteiger partial charge in [-0.1, -0.05) is 19.9 Å². The fourth-order valence-electron chi connectivity index (χ4n) is 2.80. The number of carbonyl (C=O) groups is 4. The van der Waals surface area contributed by atoms with Crippen LogP contribution in [-0.2, 0) is 23.8 Å². The molecule has 0 bridgehead atoms. The topological polar surface area (TPSA) is 159 Å². The zero-order chi connectivity index (χ0) is 29.1. The Bertz CT molecular complexity index is 976. The minimum atomic E-state index is -0.635. The molecule has 0 radical (unpaired) electrons. The highest BCUT2D eigenvalue weighted by Gasteiger charge is 2.14. The van der Waals surface area contributed by atoms with Crippen molar-refractivity contribution in [1.29, 1.82) is 0 Å². The summed E-state index contributed by atoms with van der Waals surface area (Å²) in [6.45, 7) is 11.2. The van der Waals surface area contributed by atoms with Crippen molar-refractivity contribution in [3.63, 3.8) is 0 Å². The number of rotatable bonds is 15. The lowest BCUT2D eigenvalue weighted by molar-refractivity contribution is -0.153. The Labute approximate surface area is 225 Å². The average molecular weight is 535 g/mol. The van der Waals surface area contributed by atoms with Crippen LogP contribution in [0.3, 0.4) is 0 Å². The Morgan fingerprint density at radius 2 is 1.37 bits per heavy atom. The summed E-state index contributed by atoms with van der Waals surface area (Å²) in [5.74, 6) is -1.90. The van der Waals surface area contributed by atoms with E-state index in [0.717, 1.165) is 5.71 Å². The molecule has 0 aliphatic heterocycles. The van der Waals surface area contributed by atoms with Gasteiger partial charge in [0, 0.05) is 29.6 Å². The van der Waals surface area contributed by atoms with Crippen LogP contribution in [0.4, 0.5) is 0 Å². The maximum absolute atomic E-state index is 12.2. The molecule has 0 saturated heterocycles. The van der Waals surface area contributed by atoms with Gasteiger partial charge < -0.3 is 19.9 Å². The van der Waals surface area contributed by atoms with Gasteiger partial charge in [0.2, 0.25) is 5.91 Å². The van der Waals surface area contributed by atoms with E-state index in [2.05, 4.69) is 15.5 Å². The van der Waals surface area contributed by atoms with Crippen LogP contribution in [0.2, 0.25) is 0 Å². The standard InChI is InChI=1S/C25H36N4O7.C2H6/c1-16(27-5)9-11-22(30)34-14-18(3)36-19(4)15-35-23(31)12-10-17(2)28-29-25(33)21-8-6-7-20(13-21)24(26)32;1-2/h6-8,13,18-19H,9-12,14-15H2,1-5H3,(H2,26,32)(H,29,33);1-2H3/b27-16?,28-17+;. The van der Waals surface area contributed by atoms with Crippen molar-refractivity contribution in [3.05, 3.63) is 35.4 Å². The van der Waals surface area contributed by atoms with E-state index in [0.29, 0.717) is 12.1 Å². The highest BCUT2D eigenvalue weighted by molar-refractivity contribution is 5.99. The normalized spacial score (nSPS) is 12.9. The van der Waals surface area contributed by atoms with Crippen LogP contribution in [0.15, 0.2) is 34.4 Å². The summed E-state index contributed by atoms with van der Waals surface area (Å²) in [7, 11) is 1.68. The van der Waals surface area contributed by atoms with Gasteiger partial charge in [-0.05, 0) is 58.7 Å². The summed E-state index contributed by atoms with van der Waals surface area (Å²) < 4.78 is 16.1. The third-order valence-electron chi connectivity index (χ3n) is 4.94. The van der Waals surface area contributed by atoms with Crippen LogP contribution < -0.4 is 11.2 Å². The first-order valence-electron chi connectivity index (χ1n) is 12.6. The average Bonchev–Trinajstić information content (AvgIpc) is 2.92. The van der Waals surface area contributed by atoms with Crippen molar-refractivity contribution < 1.29 is 33.4 Å². The maximum Gasteiger partial charge on any atom is 0.306 e. The minimum absolute atomic E-state index is 0.0480. The molecule has 0 saturated carbocycles. The predicted octanol–water partition coefficient (Wildman–Crippen LogP) is 3.45. The molecule has 0 fully saturated rings. The minimum Gasteiger partial charge on any atom is -0.463 e. The van der Waals surface area contributed by atoms with Crippen molar-refractivity contribution in [3.8, 4) is 0 Å². The Morgan fingerprint density at radius 1 is 0.868 bits per heavy atom. The molecule has 0 aliphatic carbocycles. The van der Waals surface area contributed by atoms with E-state index < -0.39 is 17.8 Å². The summed E-state index contributed by atoms with van der Waals surface area (Å²) in [4.78, 5) is 51.2. The van der Waals surface area contributed by atoms with Crippen LogP contribution in [0, 0.1) is 0 Å². The second-order valence-corrected chi connectivity index (χ2v) is 8.32. The fraction of sp³-hybridized carbons (Fsp3) is 0.556. The van der Waals surface area contributed by atoms with Gasteiger partial charge in [0.1, 0.15) is 13.2 Å². The molecule has 0 aliphatic rings. The van der Waals surface area contributed by atoms with Crippen molar-refractivity contribution in [2.75, 3.05) is 20.3 Å². The highest BCUT2D eigenvalue weighted by atomic mass is 16.6. The Hall–Kier alpha value is -3.60. The van der Waals surface area contributed by atoms with Gasteiger partial charge in [0.25, 0.3) is 5.91 Å². The number of nitrogens with two attached hydrogens (primary N) is 1. The number of hydrogen-bond acceptors (Lipinski definition) is 9. The third-order valence-corrected chi connectivity index (χ3v) is 4.94. The molecule has 11 heteroatoms. The molecule has 0 spiro atoms. The van der Waals surface area contributed by atoms with Gasteiger partial charge in [-0.25, -0.2) is 5.43 Å². The fourth-order valence-corrected chi connectivity index (χ4v) is 2.80. The monoisotopic (exact) mass is 534 g/mol. The Kier molecular flexibility index (Phi) is 17.7. The zero-order valence-electron chi connectivity index (χ0n) is 23.5. The number of benzene rings is 1. The van der Waals surface area contributed by atoms with E-state index in [1.165, 1.54) is 18.2 Å². The summed E-state index contributed by atoms with van der Waals surface area (Å²) in [6.07, 6.45) is 0.427. The van der Waals surface area contributed by atoms with Crippen molar-refractivity contribution in [1.82, 2.24) is 5.43 Å². The molecule has 2 amide bonds. The number of hydrogen-bond donors (Lipinski definition) is 2. The molecule has 2 unspecified atom stereocenters. The summed E-state index contributed by atoms with van der Waals surface area (Å²) in [5, 5.41) is 3.96. The number of esters is 2. The van der Waals surface area contributed by atoms with Gasteiger partial charge in [0.05, 0.1) is 25.0 Å². The second-order valence-electron chi connectivity index (χ2n) is 8.32. The van der Waals surface area contributed by atoms with E-state index in [-0.39, 0.29) is 61.8 Å². The highest BCUT2D eigenvalue weighted by Crippen LogP contribution is 2.06. The zero-order valence-corrected chi connectivity index (χ0v) is 23.5. The van der Waals surface area contributed by atoms with Crippen molar-refractivity contribution in [2.45, 2.75) is 79.4 Å². The second kappa shape index (κ2) is 19.5.